The number of hydrogen-bond acceptors (Lipinski definition) is 4. The molecule has 0 saturated heterocycles. The van der Waals surface area contributed by atoms with Crippen molar-refractivity contribution >= 4 is 11.9 Å². The maximum absolute atomic E-state index is 12.6. The maximum atomic E-state index is 12.6. The molecule has 4 heteroatoms. The van der Waals surface area contributed by atoms with Gasteiger partial charge in [-0.1, -0.05) is 83.9 Å². The molecule has 0 atom stereocenters. The summed E-state index contributed by atoms with van der Waals surface area (Å²) < 4.78 is 11.1. The van der Waals surface area contributed by atoms with E-state index in [1.54, 1.807) is 48.5 Å². The zero-order chi connectivity index (χ0) is 27.9. The molecule has 0 aliphatic rings. The van der Waals surface area contributed by atoms with Gasteiger partial charge < -0.3 is 9.47 Å². The Bertz CT molecular complexity index is 1490. The van der Waals surface area contributed by atoms with Gasteiger partial charge in [0.25, 0.3) is 0 Å². The second-order valence-electron chi connectivity index (χ2n) is 9.98. The van der Waals surface area contributed by atoms with Gasteiger partial charge in [0, 0.05) is 0 Å². The van der Waals surface area contributed by atoms with Crippen LogP contribution in [-0.2, 0) is 12.8 Å². The van der Waals surface area contributed by atoms with E-state index in [4.69, 9.17) is 9.47 Å². The molecule has 0 aliphatic carbocycles. The SMILES string of the molecule is Cc1cccc(Cc2ccc(OC(=O)c3ccc(C(=O)Oc4ccc(Cc5cccc(C)c5)cc4)cc3)cc2)c1. The highest BCUT2D eigenvalue weighted by Gasteiger charge is 2.13. The predicted octanol–water partition coefficient (Wildman–Crippen LogP) is 7.92. The van der Waals surface area contributed by atoms with E-state index >= 15 is 0 Å². The van der Waals surface area contributed by atoms with Crippen LogP contribution < -0.4 is 9.47 Å². The van der Waals surface area contributed by atoms with Crippen LogP contribution in [0.2, 0.25) is 0 Å². The number of esters is 2. The Morgan fingerprint density at radius 2 is 0.850 bits per heavy atom. The monoisotopic (exact) mass is 526 g/mol. The molecule has 0 aliphatic heterocycles. The van der Waals surface area contributed by atoms with Crippen LogP contribution in [0.3, 0.4) is 0 Å². The van der Waals surface area contributed by atoms with Crippen molar-refractivity contribution in [3.8, 4) is 11.5 Å². The van der Waals surface area contributed by atoms with Gasteiger partial charge in [-0.05, 0) is 97.5 Å². The van der Waals surface area contributed by atoms with Gasteiger partial charge >= 0.3 is 11.9 Å². The van der Waals surface area contributed by atoms with Gasteiger partial charge in [-0.2, -0.15) is 0 Å². The molecule has 5 aromatic carbocycles. The third kappa shape index (κ3) is 7.12. The van der Waals surface area contributed by atoms with Crippen molar-refractivity contribution in [1.82, 2.24) is 0 Å². The normalized spacial score (nSPS) is 10.7. The molecule has 0 radical (unpaired) electrons. The highest BCUT2D eigenvalue weighted by atomic mass is 16.5. The summed E-state index contributed by atoms with van der Waals surface area (Å²) in [5.74, 6) is -0.0502. The van der Waals surface area contributed by atoms with Crippen molar-refractivity contribution in [2.24, 2.45) is 0 Å². The van der Waals surface area contributed by atoms with Gasteiger partial charge in [0.1, 0.15) is 11.5 Å². The van der Waals surface area contributed by atoms with Gasteiger partial charge in [0.15, 0.2) is 0 Å². The lowest BCUT2D eigenvalue weighted by molar-refractivity contribution is 0.0720. The summed E-state index contributed by atoms with van der Waals surface area (Å²) in [6.07, 6.45) is 1.62. The van der Waals surface area contributed by atoms with Crippen LogP contribution in [0.1, 0.15) is 54.1 Å². The van der Waals surface area contributed by atoms with Crippen molar-refractivity contribution < 1.29 is 19.1 Å². The van der Waals surface area contributed by atoms with Gasteiger partial charge in [0.2, 0.25) is 0 Å². The molecule has 198 valence electrons. The molecule has 5 rings (SSSR count). The number of carbonyl (C=O) groups excluding carboxylic acids is 2. The average molecular weight is 527 g/mol. The number of aryl methyl sites for hydroxylation is 2. The Hall–Kier alpha value is -4.96. The topological polar surface area (TPSA) is 52.6 Å². The van der Waals surface area contributed by atoms with Gasteiger partial charge in [-0.25, -0.2) is 9.59 Å². The minimum Gasteiger partial charge on any atom is -0.423 e. The smallest absolute Gasteiger partial charge is 0.343 e. The van der Waals surface area contributed by atoms with Crippen molar-refractivity contribution in [2.75, 3.05) is 0 Å². The van der Waals surface area contributed by atoms with Crippen molar-refractivity contribution in [2.45, 2.75) is 26.7 Å². The summed E-state index contributed by atoms with van der Waals surface area (Å²) in [6, 6.07) is 38.1. The third-order valence-electron chi connectivity index (χ3n) is 6.61. The summed E-state index contributed by atoms with van der Waals surface area (Å²) in [5, 5.41) is 0. The van der Waals surface area contributed by atoms with E-state index < -0.39 is 11.9 Å². The van der Waals surface area contributed by atoms with Crippen LogP contribution in [0.5, 0.6) is 11.5 Å². The van der Waals surface area contributed by atoms with E-state index in [1.165, 1.54) is 22.3 Å². The number of ether oxygens (including phenoxy) is 2. The highest BCUT2D eigenvalue weighted by molar-refractivity contribution is 5.94. The molecular formula is C36H30O4. The quantitative estimate of drug-likeness (QED) is 0.152. The molecule has 0 amide bonds. The molecular weight excluding hydrogens is 496 g/mol. The molecule has 0 bridgehead atoms. The van der Waals surface area contributed by atoms with E-state index in [0.29, 0.717) is 22.6 Å². The van der Waals surface area contributed by atoms with E-state index in [0.717, 1.165) is 24.0 Å². The van der Waals surface area contributed by atoms with Crippen LogP contribution >= 0.6 is 0 Å². The lowest BCUT2D eigenvalue weighted by atomic mass is 10.0. The second kappa shape index (κ2) is 12.3. The van der Waals surface area contributed by atoms with E-state index in [9.17, 15) is 9.59 Å². The summed E-state index contributed by atoms with van der Waals surface area (Å²) in [4.78, 5) is 25.3. The number of rotatable bonds is 8. The first-order valence-corrected chi connectivity index (χ1v) is 13.2. The van der Waals surface area contributed by atoms with Gasteiger partial charge in [0.05, 0.1) is 11.1 Å². The minimum atomic E-state index is -0.490. The molecule has 5 aromatic rings. The average Bonchev–Trinajstić information content (AvgIpc) is 2.95. The molecule has 0 saturated carbocycles. The van der Waals surface area contributed by atoms with Crippen LogP contribution in [0.15, 0.2) is 121 Å². The maximum Gasteiger partial charge on any atom is 0.343 e. The van der Waals surface area contributed by atoms with Crippen LogP contribution in [0.4, 0.5) is 0 Å². The van der Waals surface area contributed by atoms with Gasteiger partial charge in [-0.15, -0.1) is 0 Å². The standard InChI is InChI=1S/C36H30O4/c1-25-5-3-7-29(21-25)23-27-9-17-33(18-10-27)39-35(37)31-13-15-32(16-14-31)36(38)40-34-19-11-28(12-20-34)24-30-8-4-6-26(2)22-30/h3-22H,23-24H2,1-2H3. The third-order valence-corrected chi connectivity index (χ3v) is 6.61. The first-order chi connectivity index (χ1) is 19.4. The molecule has 0 unspecified atom stereocenters. The molecule has 40 heavy (non-hydrogen) atoms. The summed E-state index contributed by atoms with van der Waals surface area (Å²) in [5.41, 5.74) is 7.89. The summed E-state index contributed by atoms with van der Waals surface area (Å²) >= 11 is 0. The number of benzene rings is 5. The fraction of sp³-hybridized carbons (Fsp3) is 0.111. The molecule has 4 nitrogen and oxygen atoms in total. The minimum absolute atomic E-state index is 0.348. The first-order valence-electron chi connectivity index (χ1n) is 13.2. The van der Waals surface area contributed by atoms with Crippen molar-refractivity contribution in [3.05, 3.63) is 166 Å². The van der Waals surface area contributed by atoms with Crippen LogP contribution in [0.25, 0.3) is 0 Å². The molecule has 0 aromatic heterocycles. The lowest BCUT2D eigenvalue weighted by Crippen LogP contribution is -2.11. The van der Waals surface area contributed by atoms with Crippen molar-refractivity contribution in [1.29, 1.82) is 0 Å². The fourth-order valence-electron chi connectivity index (χ4n) is 4.54. The second-order valence-corrected chi connectivity index (χ2v) is 9.98. The first kappa shape index (κ1) is 26.6. The fourth-order valence-corrected chi connectivity index (χ4v) is 4.54. The van der Waals surface area contributed by atoms with E-state index in [1.807, 2.05) is 24.3 Å². The van der Waals surface area contributed by atoms with Crippen LogP contribution in [-0.4, -0.2) is 11.9 Å². The Morgan fingerprint density at radius 1 is 0.475 bits per heavy atom. The zero-order valence-corrected chi connectivity index (χ0v) is 22.6. The summed E-state index contributed by atoms with van der Waals surface area (Å²) in [7, 11) is 0. The molecule has 0 fully saturated rings. The largest absolute Gasteiger partial charge is 0.423 e. The number of hydrogen-bond donors (Lipinski definition) is 0. The Balaban J connectivity index is 1.14. The summed E-state index contributed by atoms with van der Waals surface area (Å²) in [6.45, 7) is 4.15. The van der Waals surface area contributed by atoms with Crippen LogP contribution in [0, 0.1) is 13.8 Å². The number of carbonyl (C=O) groups is 2. The molecule has 0 spiro atoms. The van der Waals surface area contributed by atoms with E-state index in [-0.39, 0.29) is 0 Å². The Labute approximate surface area is 234 Å². The van der Waals surface area contributed by atoms with Crippen molar-refractivity contribution in [3.63, 3.8) is 0 Å². The molecule has 0 heterocycles. The zero-order valence-electron chi connectivity index (χ0n) is 22.6. The molecule has 0 N–H and O–H groups in total. The Kier molecular flexibility index (Phi) is 8.17. The predicted molar refractivity (Wildman–Crippen MR) is 157 cm³/mol. The van der Waals surface area contributed by atoms with E-state index in [2.05, 4.69) is 62.4 Å². The van der Waals surface area contributed by atoms with Gasteiger partial charge in [-0.3, -0.25) is 0 Å². The Morgan fingerprint density at radius 3 is 1.20 bits per heavy atom. The lowest BCUT2D eigenvalue weighted by Gasteiger charge is -2.08. The highest BCUT2D eigenvalue weighted by Crippen LogP contribution is 2.20.